The molecule has 0 saturated heterocycles. The van der Waals surface area contributed by atoms with Gasteiger partial charge in [-0.15, -0.1) is 0 Å². The number of ether oxygens (including phenoxy) is 2. The van der Waals surface area contributed by atoms with Gasteiger partial charge in [-0.1, -0.05) is 18.2 Å². The third-order valence-corrected chi connectivity index (χ3v) is 3.53. The Hall–Kier alpha value is -2.27. The Morgan fingerprint density at radius 1 is 1.33 bits per heavy atom. The van der Waals surface area contributed by atoms with E-state index < -0.39 is 0 Å². The van der Waals surface area contributed by atoms with E-state index in [0.717, 1.165) is 17.0 Å². The van der Waals surface area contributed by atoms with Crippen molar-refractivity contribution in [2.45, 2.75) is 12.6 Å². The summed E-state index contributed by atoms with van der Waals surface area (Å²) in [4.78, 5) is 6.41. The van der Waals surface area contributed by atoms with Crippen LogP contribution in [0.3, 0.4) is 0 Å². The van der Waals surface area contributed by atoms with Crippen LogP contribution in [0, 0.1) is 0 Å². The smallest absolute Gasteiger partial charge is 0.218 e. The molecule has 0 fully saturated rings. The van der Waals surface area contributed by atoms with E-state index in [9.17, 15) is 5.11 Å². The normalized spacial score (nSPS) is 17.0. The van der Waals surface area contributed by atoms with E-state index in [-0.39, 0.29) is 12.7 Å². The SMILES string of the molecule is COc1ncccc1CN1CC(CO)Oc2ccccc21. The number of aliphatic hydroxyl groups is 1. The zero-order valence-electron chi connectivity index (χ0n) is 11.9. The van der Waals surface area contributed by atoms with Gasteiger partial charge < -0.3 is 19.5 Å². The maximum Gasteiger partial charge on any atom is 0.218 e. The Labute approximate surface area is 123 Å². The van der Waals surface area contributed by atoms with Crippen molar-refractivity contribution < 1.29 is 14.6 Å². The number of anilines is 1. The second-order valence-corrected chi connectivity index (χ2v) is 4.94. The van der Waals surface area contributed by atoms with Crippen molar-refractivity contribution in [2.75, 3.05) is 25.2 Å². The quantitative estimate of drug-likeness (QED) is 0.929. The van der Waals surface area contributed by atoms with Crippen molar-refractivity contribution in [3.63, 3.8) is 0 Å². The van der Waals surface area contributed by atoms with Gasteiger partial charge in [-0.2, -0.15) is 0 Å². The molecule has 110 valence electrons. The summed E-state index contributed by atoms with van der Waals surface area (Å²) >= 11 is 0. The minimum atomic E-state index is -0.220. The highest BCUT2D eigenvalue weighted by Gasteiger charge is 2.25. The first-order chi connectivity index (χ1) is 10.3. The van der Waals surface area contributed by atoms with Crippen LogP contribution in [0.2, 0.25) is 0 Å². The summed E-state index contributed by atoms with van der Waals surface area (Å²) in [5.74, 6) is 1.42. The predicted molar refractivity (Wildman–Crippen MR) is 79.8 cm³/mol. The van der Waals surface area contributed by atoms with E-state index in [4.69, 9.17) is 9.47 Å². The van der Waals surface area contributed by atoms with Crippen LogP contribution in [0.1, 0.15) is 5.56 Å². The third kappa shape index (κ3) is 2.78. The summed E-state index contributed by atoms with van der Waals surface area (Å²) in [6.07, 6.45) is 1.49. The van der Waals surface area contributed by atoms with Crippen LogP contribution in [-0.2, 0) is 6.54 Å². The summed E-state index contributed by atoms with van der Waals surface area (Å²) in [6, 6.07) is 11.7. The lowest BCUT2D eigenvalue weighted by Crippen LogP contribution is -2.41. The monoisotopic (exact) mass is 286 g/mol. The van der Waals surface area contributed by atoms with E-state index >= 15 is 0 Å². The summed E-state index contributed by atoms with van der Waals surface area (Å²) in [6.45, 7) is 1.29. The molecule has 1 atom stereocenters. The van der Waals surface area contributed by atoms with Gasteiger partial charge in [-0.3, -0.25) is 0 Å². The Balaban J connectivity index is 1.91. The van der Waals surface area contributed by atoms with Crippen LogP contribution in [0.5, 0.6) is 11.6 Å². The number of hydrogen-bond acceptors (Lipinski definition) is 5. The van der Waals surface area contributed by atoms with Crippen LogP contribution >= 0.6 is 0 Å². The molecule has 2 aromatic rings. The summed E-state index contributed by atoms with van der Waals surface area (Å²) in [5, 5.41) is 9.41. The lowest BCUT2D eigenvalue weighted by atomic mass is 10.1. The first-order valence-electron chi connectivity index (χ1n) is 6.91. The maximum atomic E-state index is 9.41. The topological polar surface area (TPSA) is 54.8 Å². The first kappa shape index (κ1) is 13.7. The van der Waals surface area contributed by atoms with Crippen molar-refractivity contribution in [1.82, 2.24) is 4.98 Å². The van der Waals surface area contributed by atoms with Crippen molar-refractivity contribution in [1.29, 1.82) is 0 Å². The molecule has 1 aliphatic rings. The largest absolute Gasteiger partial charge is 0.484 e. The Morgan fingerprint density at radius 2 is 2.19 bits per heavy atom. The highest BCUT2D eigenvalue weighted by atomic mass is 16.5. The van der Waals surface area contributed by atoms with E-state index in [1.165, 1.54) is 0 Å². The van der Waals surface area contributed by atoms with E-state index in [1.54, 1.807) is 13.3 Å². The molecule has 5 nitrogen and oxygen atoms in total. The highest BCUT2D eigenvalue weighted by Crippen LogP contribution is 2.34. The van der Waals surface area contributed by atoms with Gasteiger partial charge in [0.25, 0.3) is 0 Å². The Kier molecular flexibility index (Phi) is 3.92. The molecule has 0 bridgehead atoms. The molecule has 1 aromatic carbocycles. The van der Waals surface area contributed by atoms with Gasteiger partial charge in [0.1, 0.15) is 11.9 Å². The molecular weight excluding hydrogens is 268 g/mol. The number of hydrogen-bond donors (Lipinski definition) is 1. The zero-order chi connectivity index (χ0) is 14.7. The second-order valence-electron chi connectivity index (χ2n) is 4.94. The molecule has 0 spiro atoms. The molecule has 1 aliphatic heterocycles. The highest BCUT2D eigenvalue weighted by molar-refractivity contribution is 5.60. The van der Waals surface area contributed by atoms with Gasteiger partial charge in [0, 0.05) is 18.3 Å². The number of rotatable bonds is 4. The molecule has 5 heteroatoms. The molecule has 3 rings (SSSR count). The fourth-order valence-electron chi connectivity index (χ4n) is 2.56. The lowest BCUT2D eigenvalue weighted by molar-refractivity contribution is 0.112. The van der Waals surface area contributed by atoms with Gasteiger partial charge >= 0.3 is 0 Å². The van der Waals surface area contributed by atoms with Gasteiger partial charge in [-0.05, 0) is 18.2 Å². The molecule has 0 amide bonds. The molecule has 2 heterocycles. The molecule has 1 N–H and O–H groups in total. The van der Waals surface area contributed by atoms with Gasteiger partial charge in [0.15, 0.2) is 0 Å². The van der Waals surface area contributed by atoms with Crippen LogP contribution in [0.4, 0.5) is 5.69 Å². The van der Waals surface area contributed by atoms with E-state index in [0.29, 0.717) is 19.0 Å². The zero-order valence-corrected chi connectivity index (χ0v) is 11.9. The number of pyridine rings is 1. The summed E-state index contributed by atoms with van der Waals surface area (Å²) < 4.78 is 11.1. The minimum Gasteiger partial charge on any atom is -0.484 e. The number of benzene rings is 1. The van der Waals surface area contributed by atoms with Crippen LogP contribution in [0.25, 0.3) is 0 Å². The van der Waals surface area contributed by atoms with Crippen molar-refractivity contribution in [3.05, 3.63) is 48.2 Å². The number of methoxy groups -OCH3 is 1. The Bertz CT molecular complexity index is 618. The minimum absolute atomic E-state index is 0.00495. The standard InChI is InChI=1S/C16H18N2O3/c1-20-16-12(5-4-8-17-16)9-18-10-13(11-19)21-15-7-3-2-6-14(15)18/h2-8,13,19H,9-11H2,1H3. The maximum absolute atomic E-state index is 9.41. The van der Waals surface area contributed by atoms with Crippen molar-refractivity contribution >= 4 is 5.69 Å². The average molecular weight is 286 g/mol. The van der Waals surface area contributed by atoms with E-state index in [1.807, 2.05) is 36.4 Å². The lowest BCUT2D eigenvalue weighted by Gasteiger charge is -2.35. The van der Waals surface area contributed by atoms with Crippen molar-refractivity contribution in [2.24, 2.45) is 0 Å². The molecule has 21 heavy (non-hydrogen) atoms. The fraction of sp³-hybridized carbons (Fsp3) is 0.312. The van der Waals surface area contributed by atoms with Gasteiger partial charge in [0.05, 0.1) is 25.9 Å². The average Bonchev–Trinajstić information content (AvgIpc) is 2.55. The molecule has 0 aliphatic carbocycles. The number of para-hydroxylation sites is 2. The number of aromatic nitrogens is 1. The van der Waals surface area contributed by atoms with Gasteiger partial charge in [0.2, 0.25) is 5.88 Å². The Morgan fingerprint density at radius 3 is 3.00 bits per heavy atom. The summed E-state index contributed by atoms with van der Waals surface area (Å²) in [5.41, 5.74) is 2.03. The molecule has 1 unspecified atom stereocenters. The van der Waals surface area contributed by atoms with Crippen LogP contribution in [0.15, 0.2) is 42.6 Å². The molecule has 0 radical (unpaired) electrons. The van der Waals surface area contributed by atoms with Crippen LogP contribution < -0.4 is 14.4 Å². The van der Waals surface area contributed by atoms with Crippen molar-refractivity contribution in [3.8, 4) is 11.6 Å². The predicted octanol–water partition coefficient (Wildman–Crippen LogP) is 1.85. The van der Waals surface area contributed by atoms with E-state index in [2.05, 4.69) is 9.88 Å². The number of fused-ring (bicyclic) bond motifs is 1. The summed E-state index contributed by atoms with van der Waals surface area (Å²) in [7, 11) is 1.62. The third-order valence-electron chi connectivity index (χ3n) is 3.53. The fourth-order valence-corrected chi connectivity index (χ4v) is 2.56. The second kappa shape index (κ2) is 6.01. The van der Waals surface area contributed by atoms with Gasteiger partial charge in [-0.25, -0.2) is 4.98 Å². The number of aliphatic hydroxyl groups excluding tert-OH is 1. The van der Waals surface area contributed by atoms with Crippen LogP contribution in [-0.4, -0.2) is 36.5 Å². The molecule has 0 saturated carbocycles. The number of nitrogens with zero attached hydrogens (tertiary/aromatic N) is 2. The molecular formula is C16H18N2O3. The molecule has 1 aromatic heterocycles. The first-order valence-corrected chi connectivity index (χ1v) is 6.91.